The molecule has 1 heterocycles. The Hall–Kier alpha value is -0.380. The van der Waals surface area contributed by atoms with E-state index < -0.39 is 12.2 Å². The predicted octanol–water partition coefficient (Wildman–Crippen LogP) is 1.47. The summed E-state index contributed by atoms with van der Waals surface area (Å²) in [6.07, 6.45) is -1.42. The molecular weight excluding hydrogens is 160 g/mol. The second-order valence-electron chi connectivity index (χ2n) is 2.63. The molecule has 2 unspecified atom stereocenters. The van der Waals surface area contributed by atoms with E-state index in [9.17, 15) is 5.11 Å². The Labute approximate surface area is 70.1 Å². The zero-order valence-electron chi connectivity index (χ0n) is 6.61. The summed E-state index contributed by atoms with van der Waals surface area (Å²) < 4.78 is 0. The fourth-order valence-electron chi connectivity index (χ4n) is 0.850. The van der Waals surface area contributed by atoms with E-state index in [1.165, 1.54) is 11.3 Å². The van der Waals surface area contributed by atoms with Crippen molar-refractivity contribution < 1.29 is 10.2 Å². The molecule has 2 N–H and O–H groups in total. The van der Waals surface area contributed by atoms with E-state index in [4.69, 9.17) is 5.11 Å². The van der Waals surface area contributed by atoms with Crippen molar-refractivity contribution in [1.29, 1.82) is 0 Å². The van der Waals surface area contributed by atoms with Crippen molar-refractivity contribution in [3.8, 4) is 0 Å². The van der Waals surface area contributed by atoms with Gasteiger partial charge in [0, 0.05) is 9.75 Å². The smallest absolute Gasteiger partial charge is 0.114 e. The van der Waals surface area contributed by atoms with Crippen LogP contribution in [0.15, 0.2) is 12.1 Å². The first-order valence-corrected chi connectivity index (χ1v) is 4.35. The lowest BCUT2D eigenvalue weighted by Crippen LogP contribution is -2.12. The number of aryl methyl sites for hydroxylation is 1. The molecule has 2 atom stereocenters. The SMILES string of the molecule is Cc1ccc(C(O)C(C)O)s1. The second-order valence-corrected chi connectivity index (χ2v) is 3.95. The Bertz CT molecular complexity index is 230. The molecule has 0 bridgehead atoms. The minimum absolute atomic E-state index is 0.687. The van der Waals surface area contributed by atoms with Crippen LogP contribution in [0.5, 0.6) is 0 Å². The molecule has 1 aromatic rings. The van der Waals surface area contributed by atoms with Gasteiger partial charge in [0.05, 0.1) is 6.10 Å². The average molecular weight is 172 g/mol. The molecule has 0 aliphatic carbocycles. The summed E-state index contributed by atoms with van der Waals surface area (Å²) in [5.74, 6) is 0. The zero-order valence-corrected chi connectivity index (χ0v) is 7.43. The summed E-state index contributed by atoms with van der Waals surface area (Å²) in [6.45, 7) is 3.56. The summed E-state index contributed by atoms with van der Waals surface area (Å²) in [7, 11) is 0. The number of aliphatic hydroxyl groups is 2. The van der Waals surface area contributed by atoms with Crippen molar-refractivity contribution in [2.75, 3.05) is 0 Å². The van der Waals surface area contributed by atoms with Gasteiger partial charge in [-0.1, -0.05) is 0 Å². The van der Waals surface area contributed by atoms with Crippen molar-refractivity contribution in [2.45, 2.75) is 26.1 Å². The lowest BCUT2D eigenvalue weighted by molar-refractivity contribution is 0.0328. The molecule has 11 heavy (non-hydrogen) atoms. The normalized spacial score (nSPS) is 16.4. The van der Waals surface area contributed by atoms with Gasteiger partial charge in [0.25, 0.3) is 0 Å². The monoisotopic (exact) mass is 172 g/mol. The summed E-state index contributed by atoms with van der Waals surface area (Å²) in [6, 6.07) is 3.78. The third-order valence-electron chi connectivity index (χ3n) is 1.51. The summed E-state index contributed by atoms with van der Waals surface area (Å²) in [5.41, 5.74) is 0. The maximum absolute atomic E-state index is 9.37. The number of hydrogen-bond donors (Lipinski definition) is 2. The van der Waals surface area contributed by atoms with Crippen LogP contribution < -0.4 is 0 Å². The molecule has 0 spiro atoms. The van der Waals surface area contributed by atoms with Crippen LogP contribution in [0.3, 0.4) is 0 Å². The largest absolute Gasteiger partial charge is 0.390 e. The van der Waals surface area contributed by atoms with Crippen LogP contribution in [-0.4, -0.2) is 16.3 Å². The minimum atomic E-state index is -0.728. The molecular formula is C8H12O2S. The molecule has 0 amide bonds. The number of rotatable bonds is 2. The van der Waals surface area contributed by atoms with Crippen molar-refractivity contribution in [2.24, 2.45) is 0 Å². The van der Waals surface area contributed by atoms with E-state index >= 15 is 0 Å². The van der Waals surface area contributed by atoms with Crippen molar-refractivity contribution in [3.05, 3.63) is 21.9 Å². The van der Waals surface area contributed by atoms with E-state index in [1.54, 1.807) is 6.92 Å². The van der Waals surface area contributed by atoms with Crippen LogP contribution >= 0.6 is 11.3 Å². The molecule has 0 aliphatic heterocycles. The third-order valence-corrected chi connectivity index (χ3v) is 2.58. The van der Waals surface area contributed by atoms with Crippen LogP contribution in [0.1, 0.15) is 22.8 Å². The summed E-state index contributed by atoms with van der Waals surface area (Å²) >= 11 is 1.51. The number of thiophene rings is 1. The highest BCUT2D eigenvalue weighted by molar-refractivity contribution is 7.12. The topological polar surface area (TPSA) is 40.5 Å². The van der Waals surface area contributed by atoms with Crippen molar-refractivity contribution >= 4 is 11.3 Å². The number of aliphatic hydroxyl groups excluding tert-OH is 2. The first-order valence-electron chi connectivity index (χ1n) is 3.53. The zero-order chi connectivity index (χ0) is 8.43. The Kier molecular flexibility index (Phi) is 2.65. The van der Waals surface area contributed by atoms with E-state index in [1.807, 2.05) is 19.1 Å². The molecule has 2 nitrogen and oxygen atoms in total. The van der Waals surface area contributed by atoms with E-state index in [0.29, 0.717) is 0 Å². The molecule has 0 saturated heterocycles. The van der Waals surface area contributed by atoms with Gasteiger partial charge in [-0.3, -0.25) is 0 Å². The van der Waals surface area contributed by atoms with Crippen molar-refractivity contribution in [3.63, 3.8) is 0 Å². The van der Waals surface area contributed by atoms with Gasteiger partial charge in [-0.15, -0.1) is 11.3 Å². The van der Waals surface area contributed by atoms with Gasteiger partial charge in [-0.2, -0.15) is 0 Å². The van der Waals surface area contributed by atoms with Crippen LogP contribution in [-0.2, 0) is 0 Å². The highest BCUT2D eigenvalue weighted by atomic mass is 32.1. The Morgan fingerprint density at radius 1 is 1.36 bits per heavy atom. The summed E-state index contributed by atoms with van der Waals surface area (Å²) in [4.78, 5) is 1.98. The number of hydrogen-bond acceptors (Lipinski definition) is 3. The van der Waals surface area contributed by atoms with Crippen LogP contribution in [0.2, 0.25) is 0 Å². The fourth-order valence-corrected chi connectivity index (χ4v) is 1.81. The quantitative estimate of drug-likeness (QED) is 0.709. The Balaban J connectivity index is 2.76. The predicted molar refractivity (Wildman–Crippen MR) is 45.7 cm³/mol. The molecule has 3 heteroatoms. The Morgan fingerprint density at radius 3 is 2.36 bits per heavy atom. The van der Waals surface area contributed by atoms with Crippen LogP contribution in [0.25, 0.3) is 0 Å². The molecule has 0 radical (unpaired) electrons. The van der Waals surface area contributed by atoms with E-state index in [2.05, 4.69) is 0 Å². The second kappa shape index (κ2) is 3.34. The Morgan fingerprint density at radius 2 is 2.00 bits per heavy atom. The van der Waals surface area contributed by atoms with Gasteiger partial charge in [0.1, 0.15) is 6.10 Å². The fraction of sp³-hybridized carbons (Fsp3) is 0.500. The average Bonchev–Trinajstić information content (AvgIpc) is 2.34. The molecule has 1 aromatic heterocycles. The lowest BCUT2D eigenvalue weighted by atomic mass is 10.2. The molecule has 62 valence electrons. The van der Waals surface area contributed by atoms with Gasteiger partial charge in [-0.05, 0) is 26.0 Å². The van der Waals surface area contributed by atoms with Gasteiger partial charge >= 0.3 is 0 Å². The first-order chi connectivity index (χ1) is 5.11. The van der Waals surface area contributed by atoms with Gasteiger partial charge < -0.3 is 10.2 Å². The molecule has 0 aliphatic rings. The molecule has 1 rings (SSSR count). The van der Waals surface area contributed by atoms with Crippen molar-refractivity contribution in [1.82, 2.24) is 0 Å². The third kappa shape index (κ3) is 2.02. The lowest BCUT2D eigenvalue weighted by Gasteiger charge is -2.10. The molecule has 0 aromatic carbocycles. The van der Waals surface area contributed by atoms with Crippen LogP contribution in [0, 0.1) is 6.92 Å². The van der Waals surface area contributed by atoms with E-state index in [0.717, 1.165) is 9.75 Å². The van der Waals surface area contributed by atoms with Gasteiger partial charge in [0.15, 0.2) is 0 Å². The van der Waals surface area contributed by atoms with Gasteiger partial charge in [-0.25, -0.2) is 0 Å². The minimum Gasteiger partial charge on any atom is -0.390 e. The highest BCUT2D eigenvalue weighted by Crippen LogP contribution is 2.24. The van der Waals surface area contributed by atoms with Gasteiger partial charge in [0.2, 0.25) is 0 Å². The highest BCUT2D eigenvalue weighted by Gasteiger charge is 2.14. The maximum atomic E-state index is 9.37. The van der Waals surface area contributed by atoms with Crippen LogP contribution in [0.4, 0.5) is 0 Å². The maximum Gasteiger partial charge on any atom is 0.114 e. The molecule has 0 fully saturated rings. The van der Waals surface area contributed by atoms with E-state index in [-0.39, 0.29) is 0 Å². The first kappa shape index (κ1) is 8.71. The molecule has 0 saturated carbocycles. The summed E-state index contributed by atoms with van der Waals surface area (Å²) in [5, 5.41) is 18.4. The standard InChI is InChI=1S/C8H12O2S/c1-5-3-4-7(11-5)8(10)6(2)9/h3-4,6,8-10H,1-2H3.